The van der Waals surface area contributed by atoms with Gasteiger partial charge in [-0.15, -0.1) is 0 Å². The lowest BCUT2D eigenvalue weighted by Gasteiger charge is -2.17. The summed E-state index contributed by atoms with van der Waals surface area (Å²) in [6, 6.07) is 0. The van der Waals surface area contributed by atoms with Gasteiger partial charge in [0.15, 0.2) is 5.78 Å². The molecular formula is C23H46O6. The normalized spacial score (nSPS) is 12.5. The van der Waals surface area contributed by atoms with Crippen LogP contribution in [0.1, 0.15) is 67.2 Å². The molecule has 0 rings (SSSR count). The zero-order chi connectivity index (χ0) is 22.0. The molecule has 0 unspecified atom stereocenters. The molecule has 6 heteroatoms. The topological polar surface area (TPSA) is 63.2 Å². The molecule has 0 heterocycles. The van der Waals surface area contributed by atoms with Gasteiger partial charge >= 0.3 is 0 Å². The van der Waals surface area contributed by atoms with Crippen LogP contribution in [0.3, 0.4) is 0 Å². The van der Waals surface area contributed by atoms with Crippen molar-refractivity contribution in [3.8, 4) is 0 Å². The fourth-order valence-corrected chi connectivity index (χ4v) is 2.12. The van der Waals surface area contributed by atoms with Crippen LogP contribution in [-0.2, 0) is 28.5 Å². The summed E-state index contributed by atoms with van der Waals surface area (Å²) < 4.78 is 27.7. The average Bonchev–Trinajstić information content (AvgIpc) is 2.61. The highest BCUT2D eigenvalue weighted by Gasteiger charge is 2.20. The van der Waals surface area contributed by atoms with Crippen LogP contribution < -0.4 is 0 Å². The van der Waals surface area contributed by atoms with Crippen molar-refractivity contribution in [1.82, 2.24) is 0 Å². The van der Waals surface area contributed by atoms with Gasteiger partial charge in [-0.3, -0.25) is 4.79 Å². The Morgan fingerprint density at radius 2 is 0.897 bits per heavy atom. The number of ether oxygens (including phenoxy) is 5. The van der Waals surface area contributed by atoms with E-state index in [0.717, 1.165) is 58.7 Å². The number of hydrogen-bond acceptors (Lipinski definition) is 6. The van der Waals surface area contributed by atoms with Crippen molar-refractivity contribution < 1.29 is 28.5 Å². The number of carbonyl (C=O) groups excluding carboxylic acids is 1. The first-order valence-electron chi connectivity index (χ1n) is 11.0. The zero-order valence-electron chi connectivity index (χ0n) is 19.8. The molecule has 0 aromatic rings. The molecule has 0 saturated heterocycles. The third kappa shape index (κ3) is 22.0. The molecule has 0 aliphatic heterocycles. The van der Waals surface area contributed by atoms with Gasteiger partial charge in [-0.1, -0.05) is 41.5 Å². The predicted molar refractivity (Wildman–Crippen MR) is 116 cm³/mol. The predicted octanol–water partition coefficient (Wildman–Crippen LogP) is 4.29. The number of rotatable bonds is 19. The fourth-order valence-electron chi connectivity index (χ4n) is 2.12. The maximum Gasteiger partial charge on any atom is 0.163 e. The van der Waals surface area contributed by atoms with Gasteiger partial charge in [-0.25, -0.2) is 0 Å². The standard InChI is InChI=1S/C23H46O6/c1-22(2,3)20-29-18-10-16-27-14-8-12-25-11-7-13-26-15-9-17-28-19-21(24)23(4,5)6/h7-20H2,1-6H3. The lowest BCUT2D eigenvalue weighted by molar-refractivity contribution is -0.131. The third-order valence-corrected chi connectivity index (χ3v) is 3.91. The Balaban J connectivity index is 3.15. The molecule has 0 amide bonds. The van der Waals surface area contributed by atoms with E-state index < -0.39 is 0 Å². The number of hydrogen-bond donors (Lipinski definition) is 0. The van der Waals surface area contributed by atoms with Gasteiger partial charge in [0.2, 0.25) is 0 Å². The summed E-state index contributed by atoms with van der Waals surface area (Å²) in [4.78, 5) is 11.7. The summed E-state index contributed by atoms with van der Waals surface area (Å²) in [6.45, 7) is 18.8. The van der Waals surface area contributed by atoms with Crippen molar-refractivity contribution in [3.63, 3.8) is 0 Å². The molecule has 0 saturated carbocycles. The van der Waals surface area contributed by atoms with Crippen molar-refractivity contribution >= 4 is 5.78 Å². The van der Waals surface area contributed by atoms with Crippen molar-refractivity contribution in [3.05, 3.63) is 0 Å². The minimum atomic E-state index is -0.330. The molecule has 0 N–H and O–H groups in total. The zero-order valence-corrected chi connectivity index (χ0v) is 19.8. The second-order valence-corrected chi connectivity index (χ2v) is 9.59. The van der Waals surface area contributed by atoms with Crippen molar-refractivity contribution in [2.24, 2.45) is 10.8 Å². The number of Topliss-reactive ketones (excluding diaryl/α,β-unsaturated/α-hetero) is 1. The fraction of sp³-hybridized carbons (Fsp3) is 0.957. The summed E-state index contributed by atoms with van der Waals surface area (Å²) in [7, 11) is 0. The second kappa shape index (κ2) is 17.2. The van der Waals surface area contributed by atoms with Crippen LogP contribution in [0.15, 0.2) is 0 Å². The average molecular weight is 419 g/mol. The van der Waals surface area contributed by atoms with E-state index >= 15 is 0 Å². The molecule has 0 spiro atoms. The van der Waals surface area contributed by atoms with Crippen LogP contribution in [0.2, 0.25) is 0 Å². The van der Waals surface area contributed by atoms with Crippen LogP contribution in [0.4, 0.5) is 0 Å². The minimum absolute atomic E-state index is 0.131. The summed E-state index contributed by atoms with van der Waals surface area (Å²) in [5.41, 5.74) is -0.102. The molecule has 0 bridgehead atoms. The van der Waals surface area contributed by atoms with Gasteiger partial charge in [0, 0.05) is 58.3 Å². The highest BCUT2D eigenvalue weighted by molar-refractivity contribution is 5.84. The van der Waals surface area contributed by atoms with Crippen molar-refractivity contribution in [2.75, 3.05) is 66.1 Å². The molecule has 0 radical (unpaired) electrons. The Morgan fingerprint density at radius 1 is 0.552 bits per heavy atom. The van der Waals surface area contributed by atoms with Crippen molar-refractivity contribution in [1.29, 1.82) is 0 Å². The minimum Gasteiger partial charge on any atom is -0.381 e. The Labute approximate surface area is 178 Å². The summed E-state index contributed by atoms with van der Waals surface area (Å²) >= 11 is 0. The smallest absolute Gasteiger partial charge is 0.163 e. The maximum atomic E-state index is 11.7. The van der Waals surface area contributed by atoms with Gasteiger partial charge < -0.3 is 23.7 Å². The molecule has 174 valence electrons. The maximum absolute atomic E-state index is 11.7. The molecule has 0 fully saturated rings. The van der Waals surface area contributed by atoms with Gasteiger partial charge in [-0.2, -0.15) is 0 Å². The van der Waals surface area contributed by atoms with E-state index in [1.807, 2.05) is 20.8 Å². The molecule has 29 heavy (non-hydrogen) atoms. The molecule has 0 atom stereocenters. The van der Waals surface area contributed by atoms with E-state index in [9.17, 15) is 4.79 Å². The monoisotopic (exact) mass is 418 g/mol. The first kappa shape index (κ1) is 28.5. The van der Waals surface area contributed by atoms with Crippen LogP contribution in [0.25, 0.3) is 0 Å². The van der Waals surface area contributed by atoms with Gasteiger partial charge in [0.05, 0.1) is 6.61 Å². The Kier molecular flexibility index (Phi) is 16.9. The van der Waals surface area contributed by atoms with E-state index in [-0.39, 0.29) is 23.2 Å². The molecule has 6 nitrogen and oxygen atoms in total. The van der Waals surface area contributed by atoms with E-state index in [0.29, 0.717) is 26.4 Å². The molecule has 0 aliphatic rings. The molecular weight excluding hydrogens is 372 g/mol. The van der Waals surface area contributed by atoms with E-state index in [1.54, 1.807) is 0 Å². The highest BCUT2D eigenvalue weighted by atomic mass is 16.5. The number of carbonyl (C=O) groups is 1. The highest BCUT2D eigenvalue weighted by Crippen LogP contribution is 2.14. The summed E-state index contributed by atoms with van der Waals surface area (Å²) in [5.74, 6) is 0.131. The molecule has 0 aromatic heterocycles. The molecule has 0 aliphatic carbocycles. The second-order valence-electron chi connectivity index (χ2n) is 9.59. The Bertz CT molecular complexity index is 384. The third-order valence-electron chi connectivity index (χ3n) is 3.91. The number of ketones is 1. The van der Waals surface area contributed by atoms with Crippen LogP contribution >= 0.6 is 0 Å². The lowest BCUT2D eigenvalue weighted by Crippen LogP contribution is -2.25. The van der Waals surface area contributed by atoms with Crippen LogP contribution in [0, 0.1) is 10.8 Å². The van der Waals surface area contributed by atoms with E-state index in [4.69, 9.17) is 23.7 Å². The largest absolute Gasteiger partial charge is 0.381 e. The Morgan fingerprint density at radius 3 is 1.24 bits per heavy atom. The van der Waals surface area contributed by atoms with Gasteiger partial charge in [0.1, 0.15) is 6.61 Å². The van der Waals surface area contributed by atoms with Gasteiger partial charge in [0.25, 0.3) is 0 Å². The van der Waals surface area contributed by atoms with Crippen molar-refractivity contribution in [2.45, 2.75) is 67.2 Å². The quantitative estimate of drug-likeness (QED) is 0.292. The Hall–Kier alpha value is -0.530. The van der Waals surface area contributed by atoms with E-state index in [2.05, 4.69) is 20.8 Å². The summed E-state index contributed by atoms with van der Waals surface area (Å²) in [6.07, 6.45) is 3.53. The molecule has 0 aromatic carbocycles. The first-order chi connectivity index (χ1) is 13.6. The van der Waals surface area contributed by atoms with Crippen LogP contribution in [-0.4, -0.2) is 71.9 Å². The summed E-state index contributed by atoms with van der Waals surface area (Å²) in [5, 5.41) is 0. The van der Waals surface area contributed by atoms with Crippen LogP contribution in [0.5, 0.6) is 0 Å². The lowest BCUT2D eigenvalue weighted by atomic mass is 9.91. The van der Waals surface area contributed by atoms with E-state index in [1.165, 1.54) is 0 Å². The van der Waals surface area contributed by atoms with Gasteiger partial charge in [-0.05, 0) is 31.1 Å². The first-order valence-corrected chi connectivity index (χ1v) is 11.0. The SMILES string of the molecule is CC(C)(C)COCCCOCCCOCCCOCCCOCC(=O)C(C)(C)C.